The standard InChI is InChI=1S/C19H16N2O3/c1-20-19(23)24-18-11-10-16(14-7-3-4-8-15(14)18)21-12-13-6-2-5-9-17(13)22/h2-12,22H,1H3,(H,20,23). The molecule has 0 fully saturated rings. The van der Waals surface area contributed by atoms with Crippen LogP contribution in [0.2, 0.25) is 0 Å². The molecule has 1 amide bonds. The number of benzene rings is 3. The molecular formula is C19H16N2O3. The van der Waals surface area contributed by atoms with Crippen LogP contribution in [-0.2, 0) is 0 Å². The predicted molar refractivity (Wildman–Crippen MR) is 94.4 cm³/mol. The van der Waals surface area contributed by atoms with E-state index >= 15 is 0 Å². The van der Waals surface area contributed by atoms with E-state index in [0.29, 0.717) is 11.3 Å². The molecule has 5 heteroatoms. The van der Waals surface area contributed by atoms with Crippen LogP contribution in [0.1, 0.15) is 5.56 Å². The number of para-hydroxylation sites is 1. The number of rotatable bonds is 3. The first-order valence-electron chi connectivity index (χ1n) is 7.42. The lowest BCUT2D eigenvalue weighted by molar-refractivity contribution is 0.203. The third-order valence-electron chi connectivity index (χ3n) is 3.55. The summed E-state index contributed by atoms with van der Waals surface area (Å²) in [6, 6.07) is 18.0. The maximum atomic E-state index is 11.5. The summed E-state index contributed by atoms with van der Waals surface area (Å²) >= 11 is 0. The molecule has 0 atom stereocenters. The van der Waals surface area contributed by atoms with Crippen molar-refractivity contribution in [1.82, 2.24) is 5.32 Å². The Bertz CT molecular complexity index is 919. The van der Waals surface area contributed by atoms with E-state index in [1.807, 2.05) is 30.3 Å². The molecule has 0 unspecified atom stereocenters. The lowest BCUT2D eigenvalue weighted by atomic mass is 10.1. The maximum Gasteiger partial charge on any atom is 0.412 e. The van der Waals surface area contributed by atoms with E-state index in [0.717, 1.165) is 16.5 Å². The molecule has 0 bridgehead atoms. The van der Waals surface area contributed by atoms with Gasteiger partial charge in [0.15, 0.2) is 0 Å². The number of carbonyl (C=O) groups excluding carboxylic acids is 1. The van der Waals surface area contributed by atoms with Gasteiger partial charge in [-0.15, -0.1) is 0 Å². The Labute approximate surface area is 139 Å². The third kappa shape index (κ3) is 3.20. The Balaban J connectivity index is 2.02. The Hall–Kier alpha value is -3.34. The molecule has 0 aliphatic rings. The topological polar surface area (TPSA) is 70.9 Å². The molecule has 0 saturated carbocycles. The summed E-state index contributed by atoms with van der Waals surface area (Å²) in [6.45, 7) is 0. The average Bonchev–Trinajstić information content (AvgIpc) is 2.62. The molecule has 2 N–H and O–H groups in total. The molecule has 0 aromatic heterocycles. The van der Waals surface area contributed by atoms with E-state index in [4.69, 9.17) is 4.74 Å². The van der Waals surface area contributed by atoms with Crippen LogP contribution in [0.3, 0.4) is 0 Å². The van der Waals surface area contributed by atoms with Crippen LogP contribution in [0.15, 0.2) is 65.7 Å². The molecular weight excluding hydrogens is 304 g/mol. The minimum Gasteiger partial charge on any atom is -0.507 e. The third-order valence-corrected chi connectivity index (χ3v) is 3.55. The van der Waals surface area contributed by atoms with E-state index in [1.54, 1.807) is 36.5 Å². The van der Waals surface area contributed by atoms with Crippen LogP contribution in [0, 0.1) is 0 Å². The fourth-order valence-electron chi connectivity index (χ4n) is 2.34. The first-order chi connectivity index (χ1) is 11.7. The fourth-order valence-corrected chi connectivity index (χ4v) is 2.34. The Morgan fingerprint density at radius 3 is 2.50 bits per heavy atom. The number of phenolic OH excluding ortho intramolecular Hbond substituents is 1. The van der Waals surface area contributed by atoms with Crippen LogP contribution < -0.4 is 10.1 Å². The number of fused-ring (bicyclic) bond motifs is 1. The van der Waals surface area contributed by atoms with E-state index < -0.39 is 6.09 Å². The number of ether oxygens (including phenoxy) is 1. The summed E-state index contributed by atoms with van der Waals surface area (Å²) in [4.78, 5) is 15.9. The van der Waals surface area contributed by atoms with Crippen molar-refractivity contribution in [2.24, 2.45) is 4.99 Å². The molecule has 5 nitrogen and oxygen atoms in total. The molecule has 0 aliphatic heterocycles. The van der Waals surface area contributed by atoms with Gasteiger partial charge in [-0.3, -0.25) is 4.99 Å². The van der Waals surface area contributed by atoms with Crippen molar-refractivity contribution in [1.29, 1.82) is 0 Å². The van der Waals surface area contributed by atoms with Crippen molar-refractivity contribution in [2.45, 2.75) is 0 Å². The van der Waals surface area contributed by atoms with Crippen molar-refractivity contribution < 1.29 is 14.6 Å². The molecule has 120 valence electrons. The van der Waals surface area contributed by atoms with E-state index in [1.165, 1.54) is 7.05 Å². The van der Waals surface area contributed by atoms with Crippen molar-refractivity contribution in [3.05, 3.63) is 66.2 Å². The van der Waals surface area contributed by atoms with Crippen LogP contribution in [-0.4, -0.2) is 24.5 Å². The molecule has 0 heterocycles. The second kappa shape index (κ2) is 6.83. The summed E-state index contributed by atoms with van der Waals surface area (Å²) in [5.41, 5.74) is 1.35. The minimum atomic E-state index is -0.523. The summed E-state index contributed by atoms with van der Waals surface area (Å²) < 4.78 is 5.27. The van der Waals surface area contributed by atoms with E-state index in [2.05, 4.69) is 10.3 Å². The van der Waals surface area contributed by atoms with Gasteiger partial charge in [0.25, 0.3) is 0 Å². The van der Waals surface area contributed by atoms with Gasteiger partial charge in [0, 0.05) is 29.6 Å². The number of amides is 1. The Kier molecular flexibility index (Phi) is 4.43. The smallest absolute Gasteiger partial charge is 0.412 e. The highest BCUT2D eigenvalue weighted by Crippen LogP contribution is 2.33. The average molecular weight is 320 g/mol. The zero-order valence-corrected chi connectivity index (χ0v) is 13.1. The van der Waals surface area contributed by atoms with Gasteiger partial charge >= 0.3 is 6.09 Å². The van der Waals surface area contributed by atoms with Crippen LogP contribution >= 0.6 is 0 Å². The van der Waals surface area contributed by atoms with Crippen LogP contribution in [0.5, 0.6) is 11.5 Å². The predicted octanol–water partition coefficient (Wildman–Crippen LogP) is 4.01. The van der Waals surface area contributed by atoms with Crippen molar-refractivity contribution in [3.63, 3.8) is 0 Å². The monoisotopic (exact) mass is 320 g/mol. The molecule has 3 rings (SSSR count). The van der Waals surface area contributed by atoms with Gasteiger partial charge < -0.3 is 15.2 Å². The number of aliphatic imine (C=N–C) groups is 1. The normalized spacial score (nSPS) is 10.9. The van der Waals surface area contributed by atoms with Gasteiger partial charge in [0.05, 0.1) is 5.69 Å². The number of hydrogen-bond acceptors (Lipinski definition) is 4. The molecule has 3 aromatic rings. The summed E-state index contributed by atoms with van der Waals surface area (Å²) in [6.07, 6.45) is 1.08. The van der Waals surface area contributed by atoms with Gasteiger partial charge in [-0.2, -0.15) is 0 Å². The van der Waals surface area contributed by atoms with Gasteiger partial charge in [0.1, 0.15) is 11.5 Å². The zero-order valence-electron chi connectivity index (χ0n) is 13.1. The summed E-state index contributed by atoms with van der Waals surface area (Å²) in [5, 5.41) is 13.9. The van der Waals surface area contributed by atoms with Gasteiger partial charge in [-0.25, -0.2) is 4.79 Å². The Morgan fingerprint density at radius 2 is 1.75 bits per heavy atom. The second-order valence-electron chi connectivity index (χ2n) is 5.08. The summed E-state index contributed by atoms with van der Waals surface area (Å²) in [7, 11) is 1.51. The highest BCUT2D eigenvalue weighted by Gasteiger charge is 2.09. The molecule has 0 aliphatic carbocycles. The van der Waals surface area contributed by atoms with Crippen molar-refractivity contribution >= 4 is 28.8 Å². The SMILES string of the molecule is CNC(=O)Oc1ccc(N=Cc2ccccc2O)c2ccccc12. The number of phenols is 1. The van der Waals surface area contributed by atoms with Crippen molar-refractivity contribution in [3.8, 4) is 11.5 Å². The largest absolute Gasteiger partial charge is 0.507 e. The molecule has 0 radical (unpaired) electrons. The lowest BCUT2D eigenvalue weighted by Gasteiger charge is -2.09. The van der Waals surface area contributed by atoms with Crippen LogP contribution in [0.4, 0.5) is 10.5 Å². The number of hydrogen-bond donors (Lipinski definition) is 2. The van der Waals surface area contributed by atoms with Gasteiger partial charge in [-0.05, 0) is 24.3 Å². The number of aromatic hydroxyl groups is 1. The number of carbonyl (C=O) groups is 1. The first kappa shape index (κ1) is 15.6. The summed E-state index contributed by atoms with van der Waals surface area (Å²) in [5.74, 6) is 0.636. The van der Waals surface area contributed by atoms with E-state index in [-0.39, 0.29) is 5.75 Å². The first-order valence-corrected chi connectivity index (χ1v) is 7.42. The zero-order chi connectivity index (χ0) is 16.9. The molecule has 3 aromatic carbocycles. The van der Waals surface area contributed by atoms with Crippen LogP contribution in [0.25, 0.3) is 10.8 Å². The lowest BCUT2D eigenvalue weighted by Crippen LogP contribution is -2.22. The van der Waals surface area contributed by atoms with Gasteiger partial charge in [-0.1, -0.05) is 36.4 Å². The quantitative estimate of drug-likeness (QED) is 0.716. The molecule has 24 heavy (non-hydrogen) atoms. The minimum absolute atomic E-state index is 0.171. The number of nitrogens with one attached hydrogen (secondary N) is 1. The second-order valence-corrected chi connectivity index (χ2v) is 5.08. The molecule has 0 saturated heterocycles. The molecule has 0 spiro atoms. The fraction of sp³-hybridized carbons (Fsp3) is 0.0526. The number of nitrogens with zero attached hydrogens (tertiary/aromatic N) is 1. The maximum absolute atomic E-state index is 11.5. The van der Waals surface area contributed by atoms with Gasteiger partial charge in [0.2, 0.25) is 0 Å². The highest BCUT2D eigenvalue weighted by atomic mass is 16.6. The van der Waals surface area contributed by atoms with E-state index in [9.17, 15) is 9.90 Å². The Morgan fingerprint density at radius 1 is 1.04 bits per heavy atom. The highest BCUT2D eigenvalue weighted by molar-refractivity contribution is 5.99. The van der Waals surface area contributed by atoms with Crippen molar-refractivity contribution in [2.75, 3.05) is 7.05 Å².